The molecule has 0 aliphatic carbocycles. The molecule has 0 fully saturated rings. The van der Waals surface area contributed by atoms with Crippen molar-refractivity contribution in [3.05, 3.63) is 11.9 Å². The molecule has 0 unspecified atom stereocenters. The number of anilines is 1. The van der Waals surface area contributed by atoms with Crippen LogP contribution in [0.5, 0.6) is 0 Å². The summed E-state index contributed by atoms with van der Waals surface area (Å²) < 4.78 is 5.46. The van der Waals surface area contributed by atoms with Crippen molar-refractivity contribution in [3.63, 3.8) is 0 Å². The molecule has 0 aliphatic heterocycles. The number of nitrogens with two attached hydrogens (primary N) is 1. The van der Waals surface area contributed by atoms with Gasteiger partial charge >= 0.3 is 0 Å². The number of aromatic amines is 1. The number of rotatable bonds is 5. The van der Waals surface area contributed by atoms with E-state index in [0.29, 0.717) is 18.8 Å². The largest absolute Gasteiger partial charge is 0.396 e. The maximum absolute atomic E-state index is 11.7. The summed E-state index contributed by atoms with van der Waals surface area (Å²) in [7, 11) is 0. The summed E-state index contributed by atoms with van der Waals surface area (Å²) in [6.45, 7) is 6.75. The number of hydrogen-bond acceptors (Lipinski definition) is 4. The Labute approximate surface area is 94.5 Å². The van der Waals surface area contributed by atoms with Gasteiger partial charge in [0.1, 0.15) is 5.69 Å². The number of nitrogens with one attached hydrogen (secondary N) is 2. The minimum Gasteiger partial charge on any atom is -0.396 e. The first-order chi connectivity index (χ1) is 7.46. The van der Waals surface area contributed by atoms with E-state index in [2.05, 4.69) is 15.5 Å². The van der Waals surface area contributed by atoms with Crippen LogP contribution in [0, 0.1) is 0 Å². The molecule has 4 N–H and O–H groups in total. The van der Waals surface area contributed by atoms with Crippen molar-refractivity contribution in [2.75, 3.05) is 18.9 Å². The Balaban J connectivity index is 2.51. The van der Waals surface area contributed by atoms with Gasteiger partial charge in [0.25, 0.3) is 5.91 Å². The Morgan fingerprint density at radius 2 is 2.38 bits per heavy atom. The molecule has 0 atom stereocenters. The van der Waals surface area contributed by atoms with Gasteiger partial charge in [-0.3, -0.25) is 9.89 Å². The van der Waals surface area contributed by atoms with Crippen molar-refractivity contribution in [3.8, 4) is 0 Å². The summed E-state index contributed by atoms with van der Waals surface area (Å²) in [6, 6.07) is 0. The highest BCUT2D eigenvalue weighted by molar-refractivity contribution is 5.96. The predicted molar refractivity (Wildman–Crippen MR) is 61.0 cm³/mol. The van der Waals surface area contributed by atoms with E-state index in [0.717, 1.165) is 0 Å². The van der Waals surface area contributed by atoms with Crippen LogP contribution in [0.25, 0.3) is 0 Å². The van der Waals surface area contributed by atoms with E-state index in [4.69, 9.17) is 10.5 Å². The van der Waals surface area contributed by atoms with Gasteiger partial charge < -0.3 is 15.8 Å². The molecule has 0 spiro atoms. The zero-order valence-corrected chi connectivity index (χ0v) is 9.83. The lowest BCUT2D eigenvalue weighted by Gasteiger charge is -2.24. The Hall–Kier alpha value is -1.56. The van der Waals surface area contributed by atoms with Gasteiger partial charge in [-0.2, -0.15) is 5.10 Å². The monoisotopic (exact) mass is 226 g/mol. The molecule has 0 radical (unpaired) electrons. The highest BCUT2D eigenvalue weighted by atomic mass is 16.5. The van der Waals surface area contributed by atoms with Crippen LogP contribution in [0.15, 0.2) is 6.20 Å². The van der Waals surface area contributed by atoms with E-state index in [-0.39, 0.29) is 17.2 Å². The lowest BCUT2D eigenvalue weighted by molar-refractivity contribution is -0.00818. The van der Waals surface area contributed by atoms with Gasteiger partial charge in [0.2, 0.25) is 0 Å². The lowest BCUT2D eigenvalue weighted by Crippen LogP contribution is -2.40. The summed E-state index contributed by atoms with van der Waals surface area (Å²) in [4.78, 5) is 11.7. The van der Waals surface area contributed by atoms with Crippen LogP contribution >= 0.6 is 0 Å². The van der Waals surface area contributed by atoms with Crippen LogP contribution in [0.3, 0.4) is 0 Å². The molecule has 1 rings (SSSR count). The second-order valence-electron chi connectivity index (χ2n) is 4.08. The van der Waals surface area contributed by atoms with Crippen molar-refractivity contribution in [1.29, 1.82) is 0 Å². The second kappa shape index (κ2) is 4.98. The van der Waals surface area contributed by atoms with Gasteiger partial charge in [0.15, 0.2) is 0 Å². The van der Waals surface area contributed by atoms with Crippen molar-refractivity contribution in [1.82, 2.24) is 15.5 Å². The Bertz CT molecular complexity index is 359. The average Bonchev–Trinajstić information content (AvgIpc) is 2.61. The van der Waals surface area contributed by atoms with Crippen LogP contribution in [-0.2, 0) is 4.74 Å². The molecule has 1 heterocycles. The first-order valence-electron chi connectivity index (χ1n) is 5.17. The molecule has 16 heavy (non-hydrogen) atoms. The van der Waals surface area contributed by atoms with Gasteiger partial charge in [0.05, 0.1) is 17.5 Å². The van der Waals surface area contributed by atoms with E-state index in [9.17, 15) is 4.79 Å². The molecule has 0 aromatic carbocycles. The van der Waals surface area contributed by atoms with Crippen LogP contribution in [-0.4, -0.2) is 34.9 Å². The quantitative estimate of drug-likeness (QED) is 0.683. The van der Waals surface area contributed by atoms with E-state index in [1.54, 1.807) is 0 Å². The number of amides is 1. The second-order valence-corrected chi connectivity index (χ2v) is 4.08. The number of nitrogens with zero attached hydrogens (tertiary/aromatic N) is 1. The molecule has 6 nitrogen and oxygen atoms in total. The average molecular weight is 226 g/mol. The van der Waals surface area contributed by atoms with E-state index in [1.807, 2.05) is 20.8 Å². The highest BCUT2D eigenvalue weighted by Crippen LogP contribution is 2.09. The van der Waals surface area contributed by atoms with Crippen molar-refractivity contribution in [2.24, 2.45) is 0 Å². The fourth-order valence-electron chi connectivity index (χ4n) is 1.30. The molecular formula is C10H18N4O2. The van der Waals surface area contributed by atoms with Crippen molar-refractivity contribution in [2.45, 2.75) is 26.4 Å². The summed E-state index contributed by atoms with van der Waals surface area (Å²) >= 11 is 0. The fourth-order valence-corrected chi connectivity index (χ4v) is 1.30. The molecule has 0 saturated carbocycles. The minimum atomic E-state index is -0.390. The number of carbonyl (C=O) groups is 1. The normalized spacial score (nSPS) is 11.4. The Morgan fingerprint density at radius 1 is 1.69 bits per heavy atom. The first-order valence-corrected chi connectivity index (χ1v) is 5.17. The molecule has 0 saturated heterocycles. The molecule has 1 amide bonds. The molecule has 0 aliphatic rings. The summed E-state index contributed by atoms with van der Waals surface area (Å²) in [5, 5.41) is 8.96. The zero-order valence-electron chi connectivity index (χ0n) is 9.83. The van der Waals surface area contributed by atoms with E-state index >= 15 is 0 Å². The third-order valence-electron chi connectivity index (χ3n) is 2.11. The third-order valence-corrected chi connectivity index (χ3v) is 2.11. The molecule has 1 aromatic rings. The minimum absolute atomic E-state index is 0.275. The van der Waals surface area contributed by atoms with Gasteiger partial charge in [0, 0.05) is 13.2 Å². The maximum atomic E-state index is 11.7. The van der Waals surface area contributed by atoms with Crippen LogP contribution in [0.2, 0.25) is 0 Å². The number of carbonyl (C=O) groups excluding carboxylic acids is 1. The van der Waals surface area contributed by atoms with Crippen LogP contribution in [0.4, 0.5) is 5.69 Å². The van der Waals surface area contributed by atoms with E-state index in [1.165, 1.54) is 6.20 Å². The number of H-pyrrole nitrogens is 1. The van der Waals surface area contributed by atoms with E-state index < -0.39 is 0 Å². The number of hydrogen-bond donors (Lipinski definition) is 3. The number of nitrogen functional groups attached to an aromatic ring is 1. The number of ether oxygens (including phenoxy) is 1. The first kappa shape index (κ1) is 12.5. The standard InChI is InChI=1S/C10H18N4O2/c1-4-16-10(2,3)6-12-9(15)8-7(11)5-13-14-8/h5H,4,6,11H2,1-3H3,(H,12,15)(H,13,14). The molecule has 1 aromatic heterocycles. The zero-order chi connectivity index (χ0) is 12.2. The maximum Gasteiger partial charge on any atom is 0.271 e. The molecule has 6 heteroatoms. The Kier molecular flexibility index (Phi) is 3.89. The summed E-state index contributed by atoms with van der Waals surface area (Å²) in [5.74, 6) is -0.275. The number of aromatic nitrogens is 2. The van der Waals surface area contributed by atoms with Crippen molar-refractivity contribution >= 4 is 11.6 Å². The van der Waals surface area contributed by atoms with Gasteiger partial charge in [-0.15, -0.1) is 0 Å². The van der Waals surface area contributed by atoms with Crippen LogP contribution < -0.4 is 11.1 Å². The topological polar surface area (TPSA) is 93.0 Å². The smallest absolute Gasteiger partial charge is 0.271 e. The molecule has 0 bridgehead atoms. The fraction of sp³-hybridized carbons (Fsp3) is 0.600. The van der Waals surface area contributed by atoms with Gasteiger partial charge in [-0.25, -0.2) is 0 Å². The lowest BCUT2D eigenvalue weighted by atomic mass is 10.1. The van der Waals surface area contributed by atoms with Gasteiger partial charge in [-0.05, 0) is 20.8 Å². The van der Waals surface area contributed by atoms with Crippen LogP contribution in [0.1, 0.15) is 31.3 Å². The molecular weight excluding hydrogens is 208 g/mol. The SMILES string of the molecule is CCOC(C)(C)CNC(=O)c1[nH]ncc1N. The third kappa shape index (κ3) is 3.23. The Morgan fingerprint density at radius 3 is 2.88 bits per heavy atom. The molecule has 90 valence electrons. The summed E-state index contributed by atoms with van der Waals surface area (Å²) in [6.07, 6.45) is 1.41. The van der Waals surface area contributed by atoms with Crippen molar-refractivity contribution < 1.29 is 9.53 Å². The predicted octanol–water partition coefficient (Wildman–Crippen LogP) is 0.537. The summed E-state index contributed by atoms with van der Waals surface area (Å²) in [5.41, 5.74) is 5.79. The van der Waals surface area contributed by atoms with Gasteiger partial charge in [-0.1, -0.05) is 0 Å². The highest BCUT2D eigenvalue weighted by Gasteiger charge is 2.20.